The maximum Gasteiger partial charge on any atom is 0.0629 e. The standard InChI is InChI=1S/C11H22N4/c1-4-6-7-10(13-12)11-8-9(3)14-15(11)5-2/h8,10,13H,4-7,12H2,1-3H3. The van der Waals surface area contributed by atoms with Gasteiger partial charge in [0.25, 0.3) is 0 Å². The van der Waals surface area contributed by atoms with Crippen molar-refractivity contribution in [3.8, 4) is 0 Å². The van der Waals surface area contributed by atoms with E-state index in [1.807, 2.05) is 11.6 Å². The number of nitrogens with zero attached hydrogens (tertiary/aromatic N) is 2. The molecule has 0 aliphatic carbocycles. The Morgan fingerprint density at radius 3 is 2.80 bits per heavy atom. The van der Waals surface area contributed by atoms with E-state index >= 15 is 0 Å². The Labute approximate surface area is 91.8 Å². The topological polar surface area (TPSA) is 55.9 Å². The van der Waals surface area contributed by atoms with E-state index in [1.54, 1.807) is 0 Å². The van der Waals surface area contributed by atoms with E-state index in [-0.39, 0.29) is 6.04 Å². The van der Waals surface area contributed by atoms with Gasteiger partial charge in [-0.3, -0.25) is 16.0 Å². The Balaban J connectivity index is 2.80. The molecule has 4 nitrogen and oxygen atoms in total. The smallest absolute Gasteiger partial charge is 0.0629 e. The number of nitrogens with one attached hydrogen (secondary N) is 1. The molecule has 1 aromatic rings. The van der Waals surface area contributed by atoms with Crippen LogP contribution in [0.2, 0.25) is 0 Å². The van der Waals surface area contributed by atoms with Gasteiger partial charge in [0.1, 0.15) is 0 Å². The molecule has 3 N–H and O–H groups in total. The summed E-state index contributed by atoms with van der Waals surface area (Å²) in [5, 5.41) is 4.43. The lowest BCUT2D eigenvalue weighted by atomic mass is 10.1. The van der Waals surface area contributed by atoms with Crippen molar-refractivity contribution < 1.29 is 0 Å². The first-order valence-corrected chi connectivity index (χ1v) is 5.73. The van der Waals surface area contributed by atoms with Crippen LogP contribution in [0.25, 0.3) is 0 Å². The van der Waals surface area contributed by atoms with E-state index in [0.29, 0.717) is 0 Å². The van der Waals surface area contributed by atoms with Gasteiger partial charge in [0.2, 0.25) is 0 Å². The molecule has 0 aromatic carbocycles. The molecule has 1 aromatic heterocycles. The SMILES string of the molecule is CCCCC(NN)c1cc(C)nn1CC. The third-order valence-electron chi connectivity index (χ3n) is 2.64. The molecule has 0 radical (unpaired) electrons. The number of hydrogen-bond acceptors (Lipinski definition) is 3. The quantitative estimate of drug-likeness (QED) is 0.557. The Hall–Kier alpha value is -0.870. The molecule has 0 spiro atoms. The molecule has 15 heavy (non-hydrogen) atoms. The molecule has 0 amide bonds. The molecule has 0 saturated heterocycles. The Morgan fingerprint density at radius 2 is 2.27 bits per heavy atom. The molecule has 0 saturated carbocycles. The number of unbranched alkanes of at least 4 members (excludes halogenated alkanes) is 1. The van der Waals surface area contributed by atoms with Gasteiger partial charge in [-0.05, 0) is 26.3 Å². The summed E-state index contributed by atoms with van der Waals surface area (Å²) >= 11 is 0. The predicted octanol–water partition coefficient (Wildman–Crippen LogP) is 1.91. The van der Waals surface area contributed by atoms with Gasteiger partial charge in [0.15, 0.2) is 0 Å². The number of hydrogen-bond donors (Lipinski definition) is 2. The summed E-state index contributed by atoms with van der Waals surface area (Å²) in [7, 11) is 0. The van der Waals surface area contributed by atoms with Crippen LogP contribution in [0.3, 0.4) is 0 Å². The fourth-order valence-corrected chi connectivity index (χ4v) is 1.82. The highest BCUT2D eigenvalue weighted by Gasteiger charge is 2.14. The van der Waals surface area contributed by atoms with E-state index in [4.69, 9.17) is 5.84 Å². The minimum absolute atomic E-state index is 0.228. The molecule has 1 rings (SSSR count). The Kier molecular flexibility index (Phi) is 4.78. The minimum Gasteiger partial charge on any atom is -0.271 e. The van der Waals surface area contributed by atoms with Crippen molar-refractivity contribution in [2.75, 3.05) is 0 Å². The first-order chi connectivity index (χ1) is 7.22. The van der Waals surface area contributed by atoms with E-state index in [1.165, 1.54) is 18.5 Å². The van der Waals surface area contributed by atoms with Crippen LogP contribution in [0, 0.1) is 6.92 Å². The van der Waals surface area contributed by atoms with Gasteiger partial charge < -0.3 is 0 Å². The lowest BCUT2D eigenvalue weighted by Crippen LogP contribution is -2.29. The van der Waals surface area contributed by atoms with Crippen LogP contribution in [0.15, 0.2) is 6.07 Å². The average molecular weight is 210 g/mol. The number of rotatable bonds is 6. The van der Waals surface area contributed by atoms with Gasteiger partial charge in [-0.25, -0.2) is 0 Å². The molecule has 0 bridgehead atoms. The number of aryl methyl sites for hydroxylation is 2. The fourth-order valence-electron chi connectivity index (χ4n) is 1.82. The maximum absolute atomic E-state index is 5.59. The van der Waals surface area contributed by atoms with Gasteiger partial charge in [0.05, 0.1) is 17.4 Å². The van der Waals surface area contributed by atoms with E-state index in [2.05, 4.69) is 30.4 Å². The molecule has 0 aliphatic heterocycles. The van der Waals surface area contributed by atoms with Crippen molar-refractivity contribution in [2.24, 2.45) is 5.84 Å². The highest BCUT2D eigenvalue weighted by atomic mass is 15.3. The highest BCUT2D eigenvalue weighted by Crippen LogP contribution is 2.19. The van der Waals surface area contributed by atoms with Crippen molar-refractivity contribution >= 4 is 0 Å². The Morgan fingerprint density at radius 1 is 1.53 bits per heavy atom. The second-order valence-electron chi connectivity index (χ2n) is 3.89. The van der Waals surface area contributed by atoms with Crippen LogP contribution in [0.1, 0.15) is 50.5 Å². The van der Waals surface area contributed by atoms with Gasteiger partial charge in [-0.15, -0.1) is 0 Å². The number of nitrogens with two attached hydrogens (primary N) is 1. The number of aromatic nitrogens is 2. The zero-order valence-electron chi connectivity index (χ0n) is 9.95. The van der Waals surface area contributed by atoms with Crippen molar-refractivity contribution in [3.63, 3.8) is 0 Å². The molecular formula is C11H22N4. The summed E-state index contributed by atoms with van der Waals surface area (Å²) in [6.45, 7) is 7.20. The van der Waals surface area contributed by atoms with Crippen LogP contribution < -0.4 is 11.3 Å². The van der Waals surface area contributed by atoms with Gasteiger partial charge in [0, 0.05) is 6.54 Å². The van der Waals surface area contributed by atoms with Crippen LogP contribution >= 0.6 is 0 Å². The average Bonchev–Trinajstić information content (AvgIpc) is 2.61. The third kappa shape index (κ3) is 3.04. The summed E-state index contributed by atoms with van der Waals surface area (Å²) in [6.07, 6.45) is 3.44. The summed E-state index contributed by atoms with van der Waals surface area (Å²) in [5.74, 6) is 5.59. The lowest BCUT2D eigenvalue weighted by Gasteiger charge is -2.16. The summed E-state index contributed by atoms with van der Waals surface area (Å²) < 4.78 is 2.02. The van der Waals surface area contributed by atoms with Crippen LogP contribution in [-0.4, -0.2) is 9.78 Å². The highest BCUT2D eigenvalue weighted by molar-refractivity contribution is 5.13. The first kappa shape index (κ1) is 12.2. The van der Waals surface area contributed by atoms with Crippen molar-refractivity contribution in [2.45, 2.75) is 52.6 Å². The van der Waals surface area contributed by atoms with E-state index in [0.717, 1.165) is 18.7 Å². The molecule has 1 unspecified atom stereocenters. The predicted molar refractivity (Wildman–Crippen MR) is 62.2 cm³/mol. The maximum atomic E-state index is 5.59. The molecule has 0 fully saturated rings. The minimum atomic E-state index is 0.228. The second-order valence-corrected chi connectivity index (χ2v) is 3.89. The van der Waals surface area contributed by atoms with Crippen molar-refractivity contribution in [1.82, 2.24) is 15.2 Å². The van der Waals surface area contributed by atoms with E-state index in [9.17, 15) is 0 Å². The molecule has 1 atom stereocenters. The van der Waals surface area contributed by atoms with Crippen LogP contribution in [0.5, 0.6) is 0 Å². The summed E-state index contributed by atoms with van der Waals surface area (Å²) in [4.78, 5) is 0. The van der Waals surface area contributed by atoms with Crippen LogP contribution in [-0.2, 0) is 6.54 Å². The first-order valence-electron chi connectivity index (χ1n) is 5.73. The lowest BCUT2D eigenvalue weighted by molar-refractivity contribution is 0.453. The molecule has 1 heterocycles. The largest absolute Gasteiger partial charge is 0.271 e. The molecule has 86 valence electrons. The van der Waals surface area contributed by atoms with E-state index < -0.39 is 0 Å². The molecule has 4 heteroatoms. The Bertz CT molecular complexity index is 293. The molecular weight excluding hydrogens is 188 g/mol. The monoisotopic (exact) mass is 210 g/mol. The van der Waals surface area contributed by atoms with Crippen molar-refractivity contribution in [3.05, 3.63) is 17.5 Å². The normalized spacial score (nSPS) is 13.1. The zero-order chi connectivity index (χ0) is 11.3. The van der Waals surface area contributed by atoms with Gasteiger partial charge in [-0.2, -0.15) is 5.10 Å². The van der Waals surface area contributed by atoms with Crippen LogP contribution in [0.4, 0.5) is 0 Å². The third-order valence-corrected chi connectivity index (χ3v) is 2.64. The van der Waals surface area contributed by atoms with Gasteiger partial charge in [-0.1, -0.05) is 19.8 Å². The molecule has 0 aliphatic rings. The summed E-state index contributed by atoms with van der Waals surface area (Å²) in [6, 6.07) is 2.34. The fraction of sp³-hybridized carbons (Fsp3) is 0.727. The van der Waals surface area contributed by atoms with Gasteiger partial charge >= 0.3 is 0 Å². The zero-order valence-corrected chi connectivity index (χ0v) is 9.95. The van der Waals surface area contributed by atoms with Crippen molar-refractivity contribution in [1.29, 1.82) is 0 Å². The number of hydrazine groups is 1. The summed E-state index contributed by atoms with van der Waals surface area (Å²) in [5.41, 5.74) is 5.14. The second kappa shape index (κ2) is 5.88.